The first-order valence-electron chi connectivity index (χ1n) is 8.59. The van der Waals surface area contributed by atoms with Gasteiger partial charge in [0.25, 0.3) is 0 Å². The van der Waals surface area contributed by atoms with Gasteiger partial charge in [-0.1, -0.05) is 47.0 Å². The van der Waals surface area contributed by atoms with E-state index in [0.717, 1.165) is 12.5 Å². The van der Waals surface area contributed by atoms with Crippen LogP contribution >= 0.6 is 0 Å². The minimum Gasteiger partial charge on any atom is -0.316 e. The van der Waals surface area contributed by atoms with Crippen molar-refractivity contribution in [3.63, 3.8) is 0 Å². The molecule has 0 radical (unpaired) electrons. The molecule has 2 unspecified atom stereocenters. The average molecular weight is 268 g/mol. The van der Waals surface area contributed by atoms with Gasteiger partial charge in [-0.15, -0.1) is 0 Å². The minimum atomic E-state index is 0.539. The van der Waals surface area contributed by atoms with E-state index in [1.807, 2.05) is 0 Å². The molecule has 2 nitrogen and oxygen atoms in total. The highest BCUT2D eigenvalue weighted by atomic mass is 15.1. The van der Waals surface area contributed by atoms with Crippen molar-refractivity contribution in [2.45, 2.75) is 66.2 Å². The largest absolute Gasteiger partial charge is 0.316 e. The van der Waals surface area contributed by atoms with Gasteiger partial charge >= 0.3 is 0 Å². The second-order valence-electron chi connectivity index (χ2n) is 6.70. The molecule has 1 aliphatic carbocycles. The lowest BCUT2D eigenvalue weighted by molar-refractivity contribution is 0.0821. The molecule has 1 N–H and O–H groups in total. The van der Waals surface area contributed by atoms with Crippen molar-refractivity contribution in [1.29, 1.82) is 0 Å². The second-order valence-corrected chi connectivity index (χ2v) is 6.70. The first kappa shape index (κ1) is 17.0. The molecule has 19 heavy (non-hydrogen) atoms. The molecule has 0 aromatic heterocycles. The summed E-state index contributed by atoms with van der Waals surface area (Å²) in [6, 6.07) is 0. The Morgan fingerprint density at radius 1 is 1.26 bits per heavy atom. The quantitative estimate of drug-likeness (QED) is 0.682. The number of nitrogens with zero attached hydrogens (tertiary/aromatic N) is 1. The Morgan fingerprint density at radius 3 is 2.63 bits per heavy atom. The van der Waals surface area contributed by atoms with Crippen LogP contribution in [0.25, 0.3) is 0 Å². The predicted molar refractivity (Wildman–Crippen MR) is 85.6 cm³/mol. The Balaban J connectivity index is 2.60. The maximum atomic E-state index is 3.64. The van der Waals surface area contributed by atoms with Crippen molar-refractivity contribution in [3.05, 3.63) is 0 Å². The first-order chi connectivity index (χ1) is 9.15. The number of nitrogens with one attached hydrogen (secondary N) is 1. The van der Waals surface area contributed by atoms with E-state index >= 15 is 0 Å². The van der Waals surface area contributed by atoms with Gasteiger partial charge in [0.05, 0.1) is 0 Å². The fourth-order valence-corrected chi connectivity index (χ4v) is 3.72. The van der Waals surface area contributed by atoms with Crippen LogP contribution in [0.2, 0.25) is 0 Å². The fourth-order valence-electron chi connectivity index (χ4n) is 3.72. The highest BCUT2D eigenvalue weighted by Crippen LogP contribution is 2.39. The van der Waals surface area contributed by atoms with Crippen LogP contribution in [0.1, 0.15) is 66.2 Å². The molecule has 2 atom stereocenters. The van der Waals surface area contributed by atoms with Gasteiger partial charge in [0.15, 0.2) is 0 Å². The van der Waals surface area contributed by atoms with Crippen LogP contribution in [0.4, 0.5) is 0 Å². The smallest absolute Gasteiger partial charge is 0.00501 e. The monoisotopic (exact) mass is 268 g/mol. The van der Waals surface area contributed by atoms with E-state index in [0.29, 0.717) is 5.41 Å². The van der Waals surface area contributed by atoms with Crippen LogP contribution in [0.3, 0.4) is 0 Å². The second kappa shape index (κ2) is 8.97. The predicted octanol–water partition coefficient (Wildman–Crippen LogP) is 3.91. The Bertz CT molecular complexity index is 229. The summed E-state index contributed by atoms with van der Waals surface area (Å²) < 4.78 is 0. The Labute approximate surface area is 121 Å². The van der Waals surface area contributed by atoms with E-state index in [4.69, 9.17) is 0 Å². The van der Waals surface area contributed by atoms with Crippen LogP contribution in [-0.2, 0) is 0 Å². The molecular formula is C17H36N2. The Morgan fingerprint density at radius 2 is 2.05 bits per heavy atom. The topological polar surface area (TPSA) is 15.3 Å². The van der Waals surface area contributed by atoms with E-state index < -0.39 is 0 Å². The Kier molecular flexibility index (Phi) is 8.01. The average Bonchev–Trinajstić information content (AvgIpc) is 2.41. The molecule has 1 saturated carbocycles. The summed E-state index contributed by atoms with van der Waals surface area (Å²) in [5.41, 5.74) is 0.539. The summed E-state index contributed by atoms with van der Waals surface area (Å²) in [5, 5.41) is 3.64. The van der Waals surface area contributed by atoms with Crippen molar-refractivity contribution >= 4 is 0 Å². The highest BCUT2D eigenvalue weighted by Gasteiger charge is 2.35. The van der Waals surface area contributed by atoms with E-state index in [2.05, 4.69) is 37.9 Å². The van der Waals surface area contributed by atoms with Gasteiger partial charge in [-0.05, 0) is 50.2 Å². The van der Waals surface area contributed by atoms with E-state index in [-0.39, 0.29) is 0 Å². The summed E-state index contributed by atoms with van der Waals surface area (Å²) >= 11 is 0. The molecule has 2 heteroatoms. The number of hydrogen-bond donors (Lipinski definition) is 1. The van der Waals surface area contributed by atoms with Crippen molar-refractivity contribution in [2.24, 2.45) is 11.3 Å². The highest BCUT2D eigenvalue weighted by molar-refractivity contribution is 4.89. The van der Waals surface area contributed by atoms with Gasteiger partial charge in [0.1, 0.15) is 0 Å². The molecule has 0 spiro atoms. The molecule has 1 aliphatic rings. The standard InChI is InChI=1S/C17H36N2/c1-5-8-12-19(7-3)15-17(14-18-6-2)11-9-10-16(4)13-17/h16,18H,5-15H2,1-4H3. The molecule has 0 aliphatic heterocycles. The summed E-state index contributed by atoms with van der Waals surface area (Å²) in [6.07, 6.45) is 8.37. The number of rotatable bonds is 9. The van der Waals surface area contributed by atoms with Gasteiger partial charge in [0, 0.05) is 13.1 Å². The molecule has 0 aromatic carbocycles. The van der Waals surface area contributed by atoms with Crippen LogP contribution in [0.5, 0.6) is 0 Å². The van der Waals surface area contributed by atoms with Crippen molar-refractivity contribution in [2.75, 3.05) is 32.7 Å². The zero-order valence-corrected chi connectivity index (χ0v) is 13.8. The van der Waals surface area contributed by atoms with Gasteiger partial charge in [-0.25, -0.2) is 0 Å². The van der Waals surface area contributed by atoms with Crippen LogP contribution < -0.4 is 5.32 Å². The van der Waals surface area contributed by atoms with Crippen LogP contribution in [0, 0.1) is 11.3 Å². The van der Waals surface area contributed by atoms with Crippen molar-refractivity contribution in [1.82, 2.24) is 10.2 Å². The normalized spacial score (nSPS) is 27.9. The molecule has 0 saturated heterocycles. The number of hydrogen-bond acceptors (Lipinski definition) is 2. The zero-order chi connectivity index (χ0) is 14.1. The number of unbranched alkanes of at least 4 members (excludes halogenated alkanes) is 1. The molecular weight excluding hydrogens is 232 g/mol. The molecule has 0 heterocycles. The fraction of sp³-hybridized carbons (Fsp3) is 1.00. The molecule has 0 bridgehead atoms. The van der Waals surface area contributed by atoms with E-state index in [9.17, 15) is 0 Å². The lowest BCUT2D eigenvalue weighted by atomic mass is 9.69. The van der Waals surface area contributed by atoms with Gasteiger partial charge in [-0.3, -0.25) is 0 Å². The first-order valence-corrected chi connectivity index (χ1v) is 8.59. The summed E-state index contributed by atoms with van der Waals surface area (Å²) in [5.74, 6) is 0.914. The third-order valence-corrected chi connectivity index (χ3v) is 4.77. The van der Waals surface area contributed by atoms with Gasteiger partial charge in [-0.2, -0.15) is 0 Å². The summed E-state index contributed by atoms with van der Waals surface area (Å²) in [6.45, 7) is 15.4. The summed E-state index contributed by atoms with van der Waals surface area (Å²) in [7, 11) is 0. The molecule has 0 amide bonds. The maximum absolute atomic E-state index is 3.64. The zero-order valence-electron chi connectivity index (χ0n) is 13.8. The summed E-state index contributed by atoms with van der Waals surface area (Å²) in [4.78, 5) is 2.69. The Hall–Kier alpha value is -0.0800. The SMILES string of the molecule is CCCCN(CC)CC1(CNCC)CCCC(C)C1. The molecule has 114 valence electrons. The molecule has 1 fully saturated rings. The van der Waals surface area contributed by atoms with Crippen molar-refractivity contribution < 1.29 is 0 Å². The lowest BCUT2D eigenvalue weighted by Crippen LogP contribution is -2.47. The molecule has 1 rings (SSSR count). The van der Waals surface area contributed by atoms with Crippen LogP contribution in [-0.4, -0.2) is 37.6 Å². The maximum Gasteiger partial charge on any atom is 0.00501 e. The van der Waals surface area contributed by atoms with Crippen molar-refractivity contribution in [3.8, 4) is 0 Å². The van der Waals surface area contributed by atoms with E-state index in [1.165, 1.54) is 64.7 Å². The van der Waals surface area contributed by atoms with E-state index in [1.54, 1.807) is 0 Å². The third kappa shape index (κ3) is 5.83. The van der Waals surface area contributed by atoms with Gasteiger partial charge < -0.3 is 10.2 Å². The third-order valence-electron chi connectivity index (χ3n) is 4.77. The van der Waals surface area contributed by atoms with Gasteiger partial charge in [0.2, 0.25) is 0 Å². The lowest BCUT2D eigenvalue weighted by Gasteiger charge is -2.43. The molecule has 0 aromatic rings. The van der Waals surface area contributed by atoms with Crippen LogP contribution in [0.15, 0.2) is 0 Å². The minimum absolute atomic E-state index is 0.539.